The third-order valence-corrected chi connectivity index (χ3v) is 4.86. The Morgan fingerprint density at radius 1 is 1.07 bits per heavy atom. The average molecular weight is 389 g/mol. The second-order valence-corrected chi connectivity index (χ2v) is 6.92. The lowest BCUT2D eigenvalue weighted by Crippen LogP contribution is -2.50. The zero-order chi connectivity index (χ0) is 20.2. The van der Waals surface area contributed by atoms with Gasteiger partial charge in [0.15, 0.2) is 6.10 Å². The number of amides is 2. The van der Waals surface area contributed by atoms with Crippen molar-refractivity contribution >= 4 is 17.5 Å². The standard InChI is InChI=1S/C23H23N3O3/c1-2-12-24-22(27)21-16-26(19-10-3-4-11-20(19)29-21)23(28)17-8-7-9-18(15-17)25-13-5-6-14-25/h3-11,13-15,21H,2,12,16H2,1H3,(H,24,27)/t21-/m0/s1. The lowest BCUT2D eigenvalue weighted by molar-refractivity contribution is -0.127. The van der Waals surface area contributed by atoms with Gasteiger partial charge in [0.2, 0.25) is 0 Å². The predicted molar refractivity (Wildman–Crippen MR) is 112 cm³/mol. The van der Waals surface area contributed by atoms with Crippen molar-refractivity contribution in [2.75, 3.05) is 18.0 Å². The molecule has 6 nitrogen and oxygen atoms in total. The Labute approximate surface area is 169 Å². The summed E-state index contributed by atoms with van der Waals surface area (Å²) in [6.45, 7) is 2.73. The van der Waals surface area contributed by atoms with Crippen LogP contribution in [0.5, 0.6) is 5.75 Å². The van der Waals surface area contributed by atoms with Crippen LogP contribution in [0.15, 0.2) is 73.1 Å². The molecule has 148 valence electrons. The highest BCUT2D eigenvalue weighted by atomic mass is 16.5. The SMILES string of the molecule is CCCNC(=O)[C@@H]1CN(C(=O)c2cccc(-n3cccc3)c2)c2ccccc2O1. The molecule has 2 heterocycles. The van der Waals surface area contributed by atoms with Crippen LogP contribution >= 0.6 is 0 Å². The van der Waals surface area contributed by atoms with Gasteiger partial charge >= 0.3 is 0 Å². The maximum Gasteiger partial charge on any atom is 0.262 e. The van der Waals surface area contributed by atoms with Gasteiger partial charge < -0.3 is 19.5 Å². The van der Waals surface area contributed by atoms with E-state index in [0.717, 1.165) is 12.1 Å². The first kappa shape index (κ1) is 18.8. The molecule has 0 spiro atoms. The van der Waals surface area contributed by atoms with Gasteiger partial charge in [0, 0.05) is 30.2 Å². The zero-order valence-corrected chi connectivity index (χ0v) is 16.2. The molecular weight excluding hydrogens is 366 g/mol. The molecule has 0 saturated heterocycles. The van der Waals surface area contributed by atoms with Gasteiger partial charge in [-0.3, -0.25) is 9.59 Å². The van der Waals surface area contributed by atoms with Gasteiger partial charge in [-0.05, 0) is 48.9 Å². The molecule has 0 saturated carbocycles. The van der Waals surface area contributed by atoms with Crippen molar-refractivity contribution in [3.05, 3.63) is 78.6 Å². The number of para-hydroxylation sites is 2. The molecule has 6 heteroatoms. The zero-order valence-electron chi connectivity index (χ0n) is 16.2. The smallest absolute Gasteiger partial charge is 0.262 e. The van der Waals surface area contributed by atoms with Crippen LogP contribution in [0.2, 0.25) is 0 Å². The van der Waals surface area contributed by atoms with Crippen LogP contribution in [0.25, 0.3) is 5.69 Å². The van der Waals surface area contributed by atoms with Crippen LogP contribution in [0.4, 0.5) is 5.69 Å². The van der Waals surface area contributed by atoms with E-state index in [0.29, 0.717) is 23.5 Å². The molecule has 4 rings (SSSR count). The van der Waals surface area contributed by atoms with Gasteiger partial charge in [0.1, 0.15) is 5.75 Å². The van der Waals surface area contributed by atoms with Crippen molar-refractivity contribution in [2.24, 2.45) is 0 Å². The van der Waals surface area contributed by atoms with E-state index in [1.807, 2.05) is 72.4 Å². The van der Waals surface area contributed by atoms with Gasteiger partial charge in [-0.2, -0.15) is 0 Å². The molecule has 0 radical (unpaired) electrons. The summed E-state index contributed by atoms with van der Waals surface area (Å²) in [5, 5.41) is 2.85. The maximum atomic E-state index is 13.4. The fourth-order valence-electron chi connectivity index (χ4n) is 3.39. The van der Waals surface area contributed by atoms with E-state index in [9.17, 15) is 9.59 Å². The van der Waals surface area contributed by atoms with Crippen LogP contribution in [0.1, 0.15) is 23.7 Å². The number of rotatable bonds is 5. The minimum atomic E-state index is -0.743. The molecule has 3 aromatic rings. The van der Waals surface area contributed by atoms with Crippen molar-refractivity contribution in [1.29, 1.82) is 0 Å². The molecule has 29 heavy (non-hydrogen) atoms. The Kier molecular flexibility index (Phi) is 5.33. The summed E-state index contributed by atoms with van der Waals surface area (Å²) in [5.74, 6) is 0.161. The van der Waals surface area contributed by atoms with E-state index < -0.39 is 6.10 Å². The molecule has 2 amide bonds. The van der Waals surface area contributed by atoms with Crippen molar-refractivity contribution in [3.63, 3.8) is 0 Å². The highest BCUT2D eigenvalue weighted by Crippen LogP contribution is 2.34. The summed E-state index contributed by atoms with van der Waals surface area (Å²) in [7, 11) is 0. The number of nitrogens with zero attached hydrogens (tertiary/aromatic N) is 2. The number of hydrogen-bond donors (Lipinski definition) is 1. The molecule has 1 aliphatic heterocycles. The topological polar surface area (TPSA) is 63.6 Å². The number of benzene rings is 2. The minimum Gasteiger partial charge on any atom is -0.477 e. The molecule has 1 aromatic heterocycles. The summed E-state index contributed by atoms with van der Waals surface area (Å²) in [6, 6.07) is 18.6. The fourth-order valence-corrected chi connectivity index (χ4v) is 3.39. The third-order valence-electron chi connectivity index (χ3n) is 4.86. The molecule has 2 aromatic carbocycles. The quantitative estimate of drug-likeness (QED) is 0.727. The first-order chi connectivity index (χ1) is 14.2. The second-order valence-electron chi connectivity index (χ2n) is 6.92. The molecule has 0 aliphatic carbocycles. The number of carbonyl (C=O) groups excluding carboxylic acids is 2. The molecule has 0 unspecified atom stereocenters. The number of fused-ring (bicyclic) bond motifs is 1. The largest absolute Gasteiger partial charge is 0.477 e. The van der Waals surface area contributed by atoms with Crippen molar-refractivity contribution in [1.82, 2.24) is 9.88 Å². The maximum absolute atomic E-state index is 13.4. The first-order valence-electron chi connectivity index (χ1n) is 9.76. The summed E-state index contributed by atoms with van der Waals surface area (Å²) in [6.07, 6.45) is 3.96. The Balaban J connectivity index is 1.65. The van der Waals surface area contributed by atoms with Crippen molar-refractivity contribution in [2.45, 2.75) is 19.4 Å². The van der Waals surface area contributed by atoms with E-state index >= 15 is 0 Å². The molecular formula is C23H23N3O3. The molecule has 1 atom stereocenters. The number of carbonyl (C=O) groups is 2. The molecule has 0 bridgehead atoms. The van der Waals surface area contributed by atoms with Crippen LogP contribution in [0, 0.1) is 0 Å². The van der Waals surface area contributed by atoms with E-state index in [1.165, 1.54) is 0 Å². The van der Waals surface area contributed by atoms with E-state index in [4.69, 9.17) is 4.74 Å². The number of ether oxygens (including phenoxy) is 1. The van der Waals surface area contributed by atoms with Crippen LogP contribution in [-0.2, 0) is 4.79 Å². The van der Waals surface area contributed by atoms with Gasteiger partial charge in [-0.15, -0.1) is 0 Å². The number of aromatic nitrogens is 1. The second kappa shape index (κ2) is 8.22. The van der Waals surface area contributed by atoms with Gasteiger partial charge in [-0.25, -0.2) is 0 Å². The monoisotopic (exact) mass is 389 g/mol. The Morgan fingerprint density at radius 3 is 2.66 bits per heavy atom. The van der Waals surface area contributed by atoms with Crippen LogP contribution < -0.4 is 15.0 Å². The average Bonchev–Trinajstić information content (AvgIpc) is 3.31. The molecule has 0 fully saturated rings. The molecule has 1 N–H and O–H groups in total. The highest BCUT2D eigenvalue weighted by Gasteiger charge is 2.34. The highest BCUT2D eigenvalue weighted by molar-refractivity contribution is 6.08. The number of hydrogen-bond acceptors (Lipinski definition) is 3. The van der Waals surface area contributed by atoms with Gasteiger partial charge in [0.25, 0.3) is 11.8 Å². The summed E-state index contributed by atoms with van der Waals surface area (Å²) in [4.78, 5) is 27.5. The lowest BCUT2D eigenvalue weighted by atomic mass is 10.1. The lowest BCUT2D eigenvalue weighted by Gasteiger charge is -2.34. The Hall–Kier alpha value is -3.54. The fraction of sp³-hybridized carbons (Fsp3) is 0.217. The van der Waals surface area contributed by atoms with Crippen LogP contribution in [-0.4, -0.2) is 35.6 Å². The summed E-state index contributed by atoms with van der Waals surface area (Å²) >= 11 is 0. The Morgan fingerprint density at radius 2 is 1.86 bits per heavy atom. The third kappa shape index (κ3) is 3.87. The summed E-state index contributed by atoms with van der Waals surface area (Å²) in [5.41, 5.74) is 2.13. The minimum absolute atomic E-state index is 0.164. The summed E-state index contributed by atoms with van der Waals surface area (Å²) < 4.78 is 7.83. The molecule has 1 aliphatic rings. The Bertz CT molecular complexity index is 1010. The first-order valence-corrected chi connectivity index (χ1v) is 9.76. The van der Waals surface area contributed by atoms with Crippen molar-refractivity contribution in [3.8, 4) is 11.4 Å². The number of anilines is 1. The van der Waals surface area contributed by atoms with E-state index in [2.05, 4.69) is 5.32 Å². The predicted octanol–water partition coefficient (Wildman–Crippen LogP) is 3.41. The van der Waals surface area contributed by atoms with E-state index in [1.54, 1.807) is 17.0 Å². The van der Waals surface area contributed by atoms with E-state index in [-0.39, 0.29) is 18.4 Å². The van der Waals surface area contributed by atoms with Crippen molar-refractivity contribution < 1.29 is 14.3 Å². The number of nitrogens with one attached hydrogen (secondary N) is 1. The van der Waals surface area contributed by atoms with Crippen LogP contribution in [0.3, 0.4) is 0 Å². The van der Waals surface area contributed by atoms with Gasteiger partial charge in [-0.1, -0.05) is 25.1 Å². The van der Waals surface area contributed by atoms with Gasteiger partial charge in [0.05, 0.1) is 12.2 Å². The normalized spacial score (nSPS) is 15.3.